The Bertz CT molecular complexity index is 1250. The Morgan fingerprint density at radius 3 is 2.68 bits per heavy atom. The second-order valence-electron chi connectivity index (χ2n) is 7.15. The summed E-state index contributed by atoms with van der Waals surface area (Å²) < 4.78 is 7.59. The van der Waals surface area contributed by atoms with Crippen LogP contribution in [-0.2, 0) is 11.2 Å². The standard InChI is InChI=1S/C23H20Cl2N4O2/c1-14-11-15(2)29(28-14)20-6-4-3-5-19(20)27-22(30)9-10-23-26-13-21(31-23)17-8-7-16(24)12-18(17)25/h3-8,11-13H,9-10H2,1-2H3,(H,27,30). The average molecular weight is 455 g/mol. The summed E-state index contributed by atoms with van der Waals surface area (Å²) in [6.45, 7) is 3.91. The number of halogens is 2. The molecular weight excluding hydrogens is 435 g/mol. The summed E-state index contributed by atoms with van der Waals surface area (Å²) in [5.41, 5.74) is 4.12. The van der Waals surface area contributed by atoms with Crippen molar-refractivity contribution in [3.8, 4) is 17.0 Å². The lowest BCUT2D eigenvalue weighted by atomic mass is 10.2. The molecule has 1 N–H and O–H groups in total. The maximum atomic E-state index is 12.6. The van der Waals surface area contributed by atoms with Crippen LogP contribution in [0, 0.1) is 13.8 Å². The third kappa shape index (κ3) is 4.81. The van der Waals surface area contributed by atoms with Crippen molar-refractivity contribution in [3.05, 3.63) is 82.1 Å². The van der Waals surface area contributed by atoms with E-state index < -0.39 is 0 Å². The molecule has 0 bridgehead atoms. The number of nitrogens with zero attached hydrogens (tertiary/aromatic N) is 3. The molecule has 4 aromatic rings. The summed E-state index contributed by atoms with van der Waals surface area (Å²) in [5.74, 6) is 0.855. The van der Waals surface area contributed by atoms with Crippen LogP contribution in [0.25, 0.3) is 17.0 Å². The normalized spacial score (nSPS) is 11.0. The van der Waals surface area contributed by atoms with Crippen LogP contribution >= 0.6 is 23.2 Å². The summed E-state index contributed by atoms with van der Waals surface area (Å²) >= 11 is 12.2. The first-order valence-electron chi connectivity index (χ1n) is 9.73. The Labute approximate surface area is 189 Å². The molecule has 2 aromatic carbocycles. The Morgan fingerprint density at radius 1 is 1.13 bits per heavy atom. The van der Waals surface area contributed by atoms with Crippen LogP contribution in [0.4, 0.5) is 5.69 Å². The van der Waals surface area contributed by atoms with Gasteiger partial charge in [0.25, 0.3) is 0 Å². The number of nitrogens with one attached hydrogen (secondary N) is 1. The zero-order valence-corrected chi connectivity index (χ0v) is 18.5. The summed E-state index contributed by atoms with van der Waals surface area (Å²) in [7, 11) is 0. The molecule has 31 heavy (non-hydrogen) atoms. The minimum Gasteiger partial charge on any atom is -0.441 e. The van der Waals surface area contributed by atoms with Crippen LogP contribution in [0.5, 0.6) is 0 Å². The van der Waals surface area contributed by atoms with Crippen molar-refractivity contribution in [1.82, 2.24) is 14.8 Å². The molecule has 2 aromatic heterocycles. The molecule has 4 rings (SSSR count). The predicted molar refractivity (Wildman–Crippen MR) is 122 cm³/mol. The monoisotopic (exact) mass is 454 g/mol. The molecule has 1 amide bonds. The number of carbonyl (C=O) groups excluding carboxylic acids is 1. The van der Waals surface area contributed by atoms with E-state index in [1.54, 1.807) is 24.4 Å². The van der Waals surface area contributed by atoms with Gasteiger partial charge in [0.1, 0.15) is 0 Å². The van der Waals surface area contributed by atoms with E-state index in [-0.39, 0.29) is 12.3 Å². The Balaban J connectivity index is 1.43. The van der Waals surface area contributed by atoms with E-state index in [0.29, 0.717) is 39.4 Å². The fourth-order valence-corrected chi connectivity index (χ4v) is 3.81. The molecule has 0 saturated heterocycles. The van der Waals surface area contributed by atoms with Crippen LogP contribution in [0.1, 0.15) is 23.7 Å². The van der Waals surface area contributed by atoms with E-state index in [1.807, 2.05) is 48.9 Å². The van der Waals surface area contributed by atoms with Gasteiger partial charge in [-0.25, -0.2) is 9.67 Å². The zero-order valence-electron chi connectivity index (χ0n) is 17.0. The Hall–Kier alpha value is -3.09. The molecule has 0 aliphatic heterocycles. The third-order valence-corrected chi connectivity index (χ3v) is 5.28. The number of aryl methyl sites for hydroxylation is 3. The molecule has 0 unspecified atom stereocenters. The summed E-state index contributed by atoms with van der Waals surface area (Å²) in [4.78, 5) is 16.8. The maximum Gasteiger partial charge on any atom is 0.224 e. The largest absolute Gasteiger partial charge is 0.441 e. The van der Waals surface area contributed by atoms with Gasteiger partial charge in [0.15, 0.2) is 11.7 Å². The molecule has 0 fully saturated rings. The first kappa shape index (κ1) is 21.2. The fourth-order valence-electron chi connectivity index (χ4n) is 3.31. The van der Waals surface area contributed by atoms with Crippen molar-refractivity contribution in [2.75, 3.05) is 5.32 Å². The van der Waals surface area contributed by atoms with Gasteiger partial charge in [0.2, 0.25) is 5.91 Å². The molecular formula is C23H20Cl2N4O2. The number of amides is 1. The van der Waals surface area contributed by atoms with E-state index in [2.05, 4.69) is 15.4 Å². The molecule has 0 atom stereocenters. The smallest absolute Gasteiger partial charge is 0.224 e. The highest BCUT2D eigenvalue weighted by molar-refractivity contribution is 6.36. The first-order valence-corrected chi connectivity index (χ1v) is 10.5. The summed E-state index contributed by atoms with van der Waals surface area (Å²) in [6.07, 6.45) is 2.18. The highest BCUT2D eigenvalue weighted by atomic mass is 35.5. The minimum atomic E-state index is -0.141. The number of anilines is 1. The summed E-state index contributed by atoms with van der Waals surface area (Å²) in [6, 6.07) is 14.7. The van der Waals surface area contributed by atoms with Gasteiger partial charge in [-0.3, -0.25) is 4.79 Å². The molecule has 8 heteroatoms. The minimum absolute atomic E-state index is 0.141. The van der Waals surface area contributed by atoms with Crippen LogP contribution in [-0.4, -0.2) is 20.7 Å². The molecule has 2 heterocycles. The van der Waals surface area contributed by atoms with E-state index in [4.69, 9.17) is 27.6 Å². The number of hydrogen-bond donors (Lipinski definition) is 1. The number of carbonyl (C=O) groups is 1. The molecule has 0 aliphatic rings. The number of para-hydroxylation sites is 2. The molecule has 158 valence electrons. The quantitative estimate of drug-likeness (QED) is 0.386. The van der Waals surface area contributed by atoms with Crippen molar-refractivity contribution in [3.63, 3.8) is 0 Å². The van der Waals surface area contributed by atoms with Crippen LogP contribution in [0.2, 0.25) is 10.0 Å². The van der Waals surface area contributed by atoms with Gasteiger partial charge in [-0.1, -0.05) is 35.3 Å². The topological polar surface area (TPSA) is 73.0 Å². The Kier molecular flexibility index (Phi) is 6.11. The van der Waals surface area contributed by atoms with Gasteiger partial charge >= 0.3 is 0 Å². The second-order valence-corrected chi connectivity index (χ2v) is 7.99. The maximum absolute atomic E-state index is 12.6. The fraction of sp³-hybridized carbons (Fsp3) is 0.174. The second kappa shape index (κ2) is 8.96. The number of hydrogen-bond acceptors (Lipinski definition) is 4. The van der Waals surface area contributed by atoms with Gasteiger partial charge in [-0.15, -0.1) is 0 Å². The Morgan fingerprint density at radius 2 is 1.94 bits per heavy atom. The third-order valence-electron chi connectivity index (χ3n) is 4.73. The van der Waals surface area contributed by atoms with Gasteiger partial charge in [-0.2, -0.15) is 5.10 Å². The van der Waals surface area contributed by atoms with E-state index in [9.17, 15) is 4.79 Å². The molecule has 0 saturated carbocycles. The van der Waals surface area contributed by atoms with Gasteiger partial charge in [0.05, 0.1) is 28.3 Å². The first-order chi connectivity index (χ1) is 14.9. The molecule has 0 spiro atoms. The average Bonchev–Trinajstić information content (AvgIpc) is 3.33. The van der Waals surface area contributed by atoms with Gasteiger partial charge in [0, 0.05) is 29.1 Å². The van der Waals surface area contributed by atoms with E-state index >= 15 is 0 Å². The molecule has 0 aliphatic carbocycles. The number of rotatable bonds is 6. The number of aromatic nitrogens is 3. The van der Waals surface area contributed by atoms with E-state index in [1.165, 1.54) is 0 Å². The molecule has 0 radical (unpaired) electrons. The zero-order chi connectivity index (χ0) is 22.0. The highest BCUT2D eigenvalue weighted by Gasteiger charge is 2.14. The van der Waals surface area contributed by atoms with Gasteiger partial charge < -0.3 is 9.73 Å². The van der Waals surface area contributed by atoms with Crippen molar-refractivity contribution in [2.45, 2.75) is 26.7 Å². The van der Waals surface area contributed by atoms with Crippen molar-refractivity contribution in [1.29, 1.82) is 0 Å². The lowest BCUT2D eigenvalue weighted by Gasteiger charge is -2.12. The highest BCUT2D eigenvalue weighted by Crippen LogP contribution is 2.31. The van der Waals surface area contributed by atoms with Crippen LogP contribution in [0.15, 0.2) is 59.1 Å². The lowest BCUT2D eigenvalue weighted by Crippen LogP contribution is -2.15. The SMILES string of the molecule is Cc1cc(C)n(-c2ccccc2NC(=O)CCc2ncc(-c3ccc(Cl)cc3Cl)o2)n1. The molecule has 6 nitrogen and oxygen atoms in total. The van der Waals surface area contributed by atoms with Crippen molar-refractivity contribution < 1.29 is 9.21 Å². The predicted octanol–water partition coefficient (Wildman–Crippen LogP) is 6.02. The lowest BCUT2D eigenvalue weighted by molar-refractivity contribution is -0.116. The number of benzene rings is 2. The number of oxazole rings is 1. The summed E-state index contributed by atoms with van der Waals surface area (Å²) in [5, 5.41) is 8.50. The van der Waals surface area contributed by atoms with Crippen molar-refractivity contribution >= 4 is 34.8 Å². The van der Waals surface area contributed by atoms with Crippen LogP contribution in [0.3, 0.4) is 0 Å². The van der Waals surface area contributed by atoms with Crippen molar-refractivity contribution in [2.24, 2.45) is 0 Å². The van der Waals surface area contributed by atoms with Crippen LogP contribution < -0.4 is 5.32 Å². The van der Waals surface area contributed by atoms with E-state index in [0.717, 1.165) is 17.1 Å². The van der Waals surface area contributed by atoms with Gasteiger partial charge in [-0.05, 0) is 50.2 Å².